The van der Waals surface area contributed by atoms with Gasteiger partial charge in [-0.25, -0.2) is 0 Å². The molecule has 0 saturated carbocycles. The van der Waals surface area contributed by atoms with Crippen LogP contribution in [0.1, 0.15) is 12.0 Å². The van der Waals surface area contributed by atoms with Gasteiger partial charge in [-0.05, 0) is 24.1 Å². The Morgan fingerprint density at radius 1 is 1.11 bits per heavy atom. The lowest BCUT2D eigenvalue weighted by Gasteiger charge is -2.09. The van der Waals surface area contributed by atoms with E-state index in [4.69, 9.17) is 37.4 Å². The molecule has 1 aromatic rings. The number of halogens is 2. The second-order valence-corrected chi connectivity index (χ2v) is 4.38. The number of methoxy groups -OCH3 is 1. The highest BCUT2D eigenvalue weighted by atomic mass is 35.5. The first kappa shape index (κ1) is 15.6. The lowest BCUT2D eigenvalue weighted by atomic mass is 10.2. The Kier molecular flexibility index (Phi) is 8.18. The van der Waals surface area contributed by atoms with Crippen LogP contribution in [0.5, 0.6) is 5.75 Å². The van der Waals surface area contributed by atoms with Crippen LogP contribution in [0.25, 0.3) is 0 Å². The number of benzene rings is 1. The zero-order valence-corrected chi connectivity index (χ0v) is 12.0. The molecule has 0 saturated heterocycles. The van der Waals surface area contributed by atoms with E-state index < -0.39 is 0 Å². The lowest BCUT2D eigenvalue weighted by Crippen LogP contribution is -2.08. The second kappa shape index (κ2) is 9.45. The number of alkyl halides is 1. The Balaban J connectivity index is 2.19. The number of ether oxygens (including phenoxy) is 3. The van der Waals surface area contributed by atoms with Gasteiger partial charge in [0, 0.05) is 26.2 Å². The van der Waals surface area contributed by atoms with Gasteiger partial charge < -0.3 is 14.2 Å². The van der Waals surface area contributed by atoms with Gasteiger partial charge in [-0.2, -0.15) is 0 Å². The first-order valence-corrected chi connectivity index (χ1v) is 6.73. The molecular formula is C13H18Cl2O3. The molecule has 0 atom stereocenters. The Morgan fingerprint density at radius 3 is 2.61 bits per heavy atom. The number of hydrogen-bond acceptors (Lipinski definition) is 3. The first-order chi connectivity index (χ1) is 8.77. The summed E-state index contributed by atoms with van der Waals surface area (Å²) >= 11 is 11.8. The molecular weight excluding hydrogens is 275 g/mol. The van der Waals surface area contributed by atoms with E-state index in [-0.39, 0.29) is 0 Å². The van der Waals surface area contributed by atoms with E-state index in [9.17, 15) is 0 Å². The Morgan fingerprint density at radius 2 is 1.94 bits per heavy atom. The molecule has 0 heterocycles. The molecule has 1 rings (SSSR count). The van der Waals surface area contributed by atoms with E-state index in [0.29, 0.717) is 43.1 Å². The molecule has 0 N–H and O–H groups in total. The summed E-state index contributed by atoms with van der Waals surface area (Å²) in [5, 5.41) is 0.576. The molecule has 3 nitrogen and oxygen atoms in total. The van der Waals surface area contributed by atoms with Crippen LogP contribution in [0.2, 0.25) is 5.02 Å². The van der Waals surface area contributed by atoms with Crippen LogP contribution in [0.4, 0.5) is 0 Å². The minimum absolute atomic E-state index is 0.447. The number of hydrogen-bond donors (Lipinski definition) is 0. The quantitative estimate of drug-likeness (QED) is 0.515. The largest absolute Gasteiger partial charge is 0.490 e. The van der Waals surface area contributed by atoms with Crippen LogP contribution in [-0.4, -0.2) is 33.5 Å². The minimum atomic E-state index is 0.447. The first-order valence-electron chi connectivity index (χ1n) is 5.81. The van der Waals surface area contributed by atoms with E-state index in [1.165, 1.54) is 0 Å². The Labute approximate surface area is 118 Å². The van der Waals surface area contributed by atoms with Gasteiger partial charge in [0.1, 0.15) is 12.4 Å². The molecule has 0 radical (unpaired) electrons. The minimum Gasteiger partial charge on any atom is -0.490 e. The summed E-state index contributed by atoms with van der Waals surface area (Å²) in [5.41, 5.74) is 0.977. The second-order valence-electron chi connectivity index (χ2n) is 3.71. The van der Waals surface area contributed by atoms with Crippen LogP contribution in [0.15, 0.2) is 18.2 Å². The summed E-state index contributed by atoms with van der Waals surface area (Å²) in [6.07, 6.45) is 0.891. The molecule has 0 bridgehead atoms. The lowest BCUT2D eigenvalue weighted by molar-refractivity contribution is 0.0807. The van der Waals surface area contributed by atoms with Crippen molar-refractivity contribution in [1.82, 2.24) is 0 Å². The van der Waals surface area contributed by atoms with Crippen LogP contribution in [0, 0.1) is 0 Å². The molecule has 0 aliphatic carbocycles. The average Bonchev–Trinajstić information content (AvgIpc) is 2.39. The standard InChI is InChI=1S/C13H18Cl2O3/c1-16-5-2-6-17-7-8-18-13-4-3-11(10-14)9-12(13)15/h3-4,9H,2,5-8,10H2,1H3. The summed E-state index contributed by atoms with van der Waals surface area (Å²) in [7, 11) is 1.68. The van der Waals surface area contributed by atoms with Gasteiger partial charge in [0.25, 0.3) is 0 Å². The van der Waals surface area contributed by atoms with E-state index in [1.807, 2.05) is 18.2 Å². The molecule has 0 aliphatic rings. The van der Waals surface area contributed by atoms with Crippen molar-refractivity contribution in [2.45, 2.75) is 12.3 Å². The fourth-order valence-electron chi connectivity index (χ4n) is 1.36. The summed E-state index contributed by atoms with van der Waals surface area (Å²) in [6, 6.07) is 5.53. The maximum Gasteiger partial charge on any atom is 0.138 e. The third-order valence-corrected chi connectivity index (χ3v) is 2.88. The van der Waals surface area contributed by atoms with Gasteiger partial charge in [0.2, 0.25) is 0 Å². The SMILES string of the molecule is COCCCOCCOc1ccc(CCl)cc1Cl. The highest BCUT2D eigenvalue weighted by Crippen LogP contribution is 2.25. The van der Waals surface area contributed by atoms with E-state index in [0.717, 1.165) is 12.0 Å². The molecule has 0 fully saturated rings. The van der Waals surface area contributed by atoms with Crippen LogP contribution < -0.4 is 4.74 Å². The molecule has 5 heteroatoms. The summed E-state index contributed by atoms with van der Waals surface area (Å²) in [6.45, 7) is 2.41. The van der Waals surface area contributed by atoms with Gasteiger partial charge in [-0.1, -0.05) is 17.7 Å². The fourth-order valence-corrected chi connectivity index (χ4v) is 1.79. The zero-order chi connectivity index (χ0) is 13.2. The van der Waals surface area contributed by atoms with Gasteiger partial charge in [0.15, 0.2) is 0 Å². The van der Waals surface area contributed by atoms with E-state index in [2.05, 4.69) is 0 Å². The highest BCUT2D eigenvalue weighted by Gasteiger charge is 2.02. The van der Waals surface area contributed by atoms with Gasteiger partial charge >= 0.3 is 0 Å². The van der Waals surface area contributed by atoms with Crippen molar-refractivity contribution in [2.24, 2.45) is 0 Å². The van der Waals surface area contributed by atoms with Crippen molar-refractivity contribution in [3.63, 3.8) is 0 Å². The zero-order valence-electron chi connectivity index (χ0n) is 10.5. The summed E-state index contributed by atoms with van der Waals surface area (Å²) in [5.74, 6) is 1.11. The fraction of sp³-hybridized carbons (Fsp3) is 0.538. The maximum atomic E-state index is 6.05. The highest BCUT2D eigenvalue weighted by molar-refractivity contribution is 6.32. The molecule has 1 aromatic carbocycles. The summed E-state index contributed by atoms with van der Waals surface area (Å²) < 4.78 is 15.8. The normalized spacial score (nSPS) is 10.6. The van der Waals surface area contributed by atoms with Crippen LogP contribution >= 0.6 is 23.2 Å². The van der Waals surface area contributed by atoms with Crippen molar-refractivity contribution in [1.29, 1.82) is 0 Å². The van der Waals surface area contributed by atoms with Crippen LogP contribution in [-0.2, 0) is 15.4 Å². The third kappa shape index (κ3) is 5.91. The van der Waals surface area contributed by atoms with Crippen molar-refractivity contribution in [3.8, 4) is 5.75 Å². The average molecular weight is 293 g/mol. The Bertz CT molecular complexity index is 345. The Hall–Kier alpha value is -0.480. The topological polar surface area (TPSA) is 27.7 Å². The molecule has 0 unspecified atom stereocenters. The molecule has 102 valence electrons. The third-order valence-electron chi connectivity index (χ3n) is 2.27. The summed E-state index contributed by atoms with van der Waals surface area (Å²) in [4.78, 5) is 0. The smallest absolute Gasteiger partial charge is 0.138 e. The van der Waals surface area contributed by atoms with Gasteiger partial charge in [-0.3, -0.25) is 0 Å². The molecule has 0 spiro atoms. The van der Waals surface area contributed by atoms with Crippen molar-refractivity contribution >= 4 is 23.2 Å². The van der Waals surface area contributed by atoms with Crippen LogP contribution in [0.3, 0.4) is 0 Å². The predicted molar refractivity (Wildman–Crippen MR) is 73.8 cm³/mol. The van der Waals surface area contributed by atoms with Crippen molar-refractivity contribution < 1.29 is 14.2 Å². The predicted octanol–water partition coefficient (Wildman–Crippen LogP) is 3.51. The maximum absolute atomic E-state index is 6.05. The molecule has 0 amide bonds. The molecule has 0 aliphatic heterocycles. The monoisotopic (exact) mass is 292 g/mol. The van der Waals surface area contributed by atoms with E-state index in [1.54, 1.807) is 7.11 Å². The van der Waals surface area contributed by atoms with Gasteiger partial charge in [-0.15, -0.1) is 11.6 Å². The molecule has 18 heavy (non-hydrogen) atoms. The number of rotatable bonds is 9. The van der Waals surface area contributed by atoms with Gasteiger partial charge in [0.05, 0.1) is 11.6 Å². The van der Waals surface area contributed by atoms with Crippen molar-refractivity contribution in [2.75, 3.05) is 33.5 Å². The van der Waals surface area contributed by atoms with E-state index >= 15 is 0 Å². The van der Waals surface area contributed by atoms with Crippen molar-refractivity contribution in [3.05, 3.63) is 28.8 Å². The molecule has 0 aromatic heterocycles.